The van der Waals surface area contributed by atoms with Crippen LogP contribution in [-0.2, 0) is 6.54 Å². The molecule has 0 aliphatic heterocycles. The minimum atomic E-state index is -0.303. The zero-order valence-electron chi connectivity index (χ0n) is 10.2. The molecule has 96 valence electrons. The Morgan fingerprint density at radius 2 is 2.22 bits per heavy atom. The Bertz CT molecular complexity index is 616. The molecule has 0 unspecified atom stereocenters. The van der Waals surface area contributed by atoms with E-state index in [1.165, 1.54) is 18.0 Å². The SMILES string of the molecule is COc1c(Cl)ncn(Cc2nc(C)c(C)s2)c1=O. The molecular weight excluding hydrogens is 274 g/mol. The van der Waals surface area contributed by atoms with E-state index in [0.29, 0.717) is 6.54 Å². The molecule has 2 rings (SSSR count). The van der Waals surface area contributed by atoms with Gasteiger partial charge in [0.25, 0.3) is 5.56 Å². The summed E-state index contributed by atoms with van der Waals surface area (Å²) < 4.78 is 6.37. The second-order valence-corrected chi connectivity index (χ2v) is 5.40. The molecular formula is C11H12ClN3O2S. The van der Waals surface area contributed by atoms with Crippen LogP contribution in [0.25, 0.3) is 0 Å². The van der Waals surface area contributed by atoms with Gasteiger partial charge in [-0.05, 0) is 13.8 Å². The van der Waals surface area contributed by atoms with Gasteiger partial charge in [-0.2, -0.15) is 0 Å². The second kappa shape index (κ2) is 5.07. The van der Waals surface area contributed by atoms with Crippen LogP contribution in [0.15, 0.2) is 11.1 Å². The van der Waals surface area contributed by atoms with Gasteiger partial charge in [0.2, 0.25) is 5.75 Å². The third-order valence-corrected chi connectivity index (χ3v) is 3.86. The molecule has 0 N–H and O–H groups in total. The lowest BCUT2D eigenvalue weighted by Gasteiger charge is -2.06. The number of rotatable bonds is 3. The van der Waals surface area contributed by atoms with Crippen molar-refractivity contribution in [2.75, 3.05) is 7.11 Å². The van der Waals surface area contributed by atoms with Crippen LogP contribution in [0.2, 0.25) is 5.15 Å². The van der Waals surface area contributed by atoms with Crippen LogP contribution in [0.4, 0.5) is 0 Å². The van der Waals surface area contributed by atoms with E-state index in [2.05, 4.69) is 9.97 Å². The molecule has 18 heavy (non-hydrogen) atoms. The van der Waals surface area contributed by atoms with Crippen molar-refractivity contribution < 1.29 is 4.74 Å². The number of aromatic nitrogens is 3. The number of thiazole rings is 1. The summed E-state index contributed by atoms with van der Waals surface area (Å²) in [6.45, 7) is 4.32. The summed E-state index contributed by atoms with van der Waals surface area (Å²) in [6.07, 6.45) is 1.40. The second-order valence-electron chi connectivity index (χ2n) is 3.75. The van der Waals surface area contributed by atoms with Gasteiger partial charge < -0.3 is 4.74 Å². The molecule has 0 aliphatic rings. The topological polar surface area (TPSA) is 57.0 Å². The first kappa shape index (κ1) is 13.0. The van der Waals surface area contributed by atoms with Gasteiger partial charge in [0.05, 0.1) is 25.7 Å². The van der Waals surface area contributed by atoms with Crippen LogP contribution >= 0.6 is 22.9 Å². The van der Waals surface area contributed by atoms with Gasteiger partial charge in [-0.25, -0.2) is 9.97 Å². The smallest absolute Gasteiger partial charge is 0.297 e. The van der Waals surface area contributed by atoms with Crippen molar-refractivity contribution >= 4 is 22.9 Å². The highest BCUT2D eigenvalue weighted by atomic mass is 35.5. The lowest BCUT2D eigenvalue weighted by Crippen LogP contribution is -2.22. The molecule has 2 aromatic rings. The van der Waals surface area contributed by atoms with Crippen LogP contribution in [0.1, 0.15) is 15.6 Å². The molecule has 0 radical (unpaired) electrons. The van der Waals surface area contributed by atoms with Crippen molar-refractivity contribution in [1.82, 2.24) is 14.5 Å². The van der Waals surface area contributed by atoms with Gasteiger partial charge in [-0.3, -0.25) is 9.36 Å². The molecule has 2 heterocycles. The van der Waals surface area contributed by atoms with Crippen LogP contribution in [0.5, 0.6) is 5.75 Å². The van der Waals surface area contributed by atoms with E-state index in [-0.39, 0.29) is 16.5 Å². The molecule has 0 saturated heterocycles. The van der Waals surface area contributed by atoms with Crippen molar-refractivity contribution in [1.29, 1.82) is 0 Å². The fourth-order valence-corrected chi connectivity index (χ4v) is 2.62. The number of methoxy groups -OCH3 is 1. The average molecular weight is 286 g/mol. The Labute approximate surface area is 113 Å². The van der Waals surface area contributed by atoms with E-state index in [4.69, 9.17) is 16.3 Å². The monoisotopic (exact) mass is 285 g/mol. The summed E-state index contributed by atoms with van der Waals surface area (Å²) in [5, 5.41) is 0.934. The van der Waals surface area contributed by atoms with E-state index >= 15 is 0 Å². The minimum absolute atomic E-state index is 0.0594. The average Bonchev–Trinajstić information content (AvgIpc) is 2.63. The van der Waals surface area contributed by atoms with Crippen molar-refractivity contribution in [3.8, 4) is 5.75 Å². The molecule has 7 heteroatoms. The molecule has 2 aromatic heterocycles. The maximum Gasteiger partial charge on any atom is 0.297 e. The molecule has 0 aliphatic carbocycles. The molecule has 0 fully saturated rings. The van der Waals surface area contributed by atoms with E-state index < -0.39 is 0 Å². The zero-order valence-corrected chi connectivity index (χ0v) is 11.8. The molecule has 0 atom stereocenters. The number of halogens is 1. The fraction of sp³-hybridized carbons (Fsp3) is 0.364. The van der Waals surface area contributed by atoms with E-state index in [0.717, 1.165) is 15.6 Å². The Hall–Kier alpha value is -1.40. The van der Waals surface area contributed by atoms with Gasteiger partial charge in [-0.1, -0.05) is 11.6 Å². The van der Waals surface area contributed by atoms with Crippen molar-refractivity contribution in [2.24, 2.45) is 0 Å². The summed E-state index contributed by atoms with van der Waals surface area (Å²) in [4.78, 5) is 21.5. The van der Waals surface area contributed by atoms with Crippen molar-refractivity contribution in [3.63, 3.8) is 0 Å². The summed E-state index contributed by atoms with van der Waals surface area (Å²) >= 11 is 7.33. The number of hydrogen-bond donors (Lipinski definition) is 0. The highest BCUT2D eigenvalue weighted by Gasteiger charge is 2.12. The summed E-state index contributed by atoms with van der Waals surface area (Å²) in [5.41, 5.74) is 0.681. The quantitative estimate of drug-likeness (QED) is 0.810. The van der Waals surface area contributed by atoms with Crippen LogP contribution in [0.3, 0.4) is 0 Å². The predicted octanol–water partition coefficient (Wildman–Crippen LogP) is 2.03. The lowest BCUT2D eigenvalue weighted by atomic mass is 10.4. The van der Waals surface area contributed by atoms with E-state index in [1.807, 2.05) is 13.8 Å². The van der Waals surface area contributed by atoms with E-state index in [9.17, 15) is 4.79 Å². The number of hydrogen-bond acceptors (Lipinski definition) is 5. The maximum absolute atomic E-state index is 12.0. The van der Waals surface area contributed by atoms with Gasteiger partial charge in [-0.15, -0.1) is 11.3 Å². The predicted molar refractivity (Wildman–Crippen MR) is 70.7 cm³/mol. The van der Waals surface area contributed by atoms with Crippen LogP contribution < -0.4 is 10.3 Å². The Kier molecular flexibility index (Phi) is 3.68. The van der Waals surface area contributed by atoms with E-state index in [1.54, 1.807) is 11.3 Å². The van der Waals surface area contributed by atoms with Crippen molar-refractivity contribution in [3.05, 3.63) is 37.4 Å². The number of nitrogens with zero attached hydrogens (tertiary/aromatic N) is 3. The van der Waals surface area contributed by atoms with Crippen LogP contribution in [-0.4, -0.2) is 21.6 Å². The third-order valence-electron chi connectivity index (χ3n) is 2.54. The summed E-state index contributed by atoms with van der Waals surface area (Å²) in [5.74, 6) is 0.0594. The van der Waals surface area contributed by atoms with Gasteiger partial charge in [0.1, 0.15) is 5.01 Å². The molecule has 0 bridgehead atoms. The molecule has 0 amide bonds. The summed E-state index contributed by atoms with van der Waals surface area (Å²) in [6, 6.07) is 0. The molecule has 0 aromatic carbocycles. The number of aryl methyl sites for hydroxylation is 2. The molecule has 5 nitrogen and oxygen atoms in total. The highest BCUT2D eigenvalue weighted by molar-refractivity contribution is 7.11. The van der Waals surface area contributed by atoms with Gasteiger partial charge in [0, 0.05) is 4.88 Å². The van der Waals surface area contributed by atoms with Crippen molar-refractivity contribution in [2.45, 2.75) is 20.4 Å². The standard InChI is InChI=1S/C11H12ClN3O2S/c1-6-7(2)18-8(14-6)4-15-5-13-10(12)9(17-3)11(15)16/h5H,4H2,1-3H3. The first-order valence-corrected chi connectivity index (χ1v) is 6.44. The number of ether oxygens (including phenoxy) is 1. The lowest BCUT2D eigenvalue weighted by molar-refractivity contribution is 0.401. The first-order chi connectivity index (χ1) is 8.52. The minimum Gasteiger partial charge on any atom is -0.489 e. The third kappa shape index (κ3) is 2.39. The van der Waals surface area contributed by atoms with Gasteiger partial charge in [0.15, 0.2) is 5.15 Å². The zero-order chi connectivity index (χ0) is 13.3. The largest absolute Gasteiger partial charge is 0.489 e. The molecule has 0 spiro atoms. The fourth-order valence-electron chi connectivity index (χ4n) is 1.49. The highest BCUT2D eigenvalue weighted by Crippen LogP contribution is 2.18. The normalized spacial score (nSPS) is 10.7. The van der Waals surface area contributed by atoms with Gasteiger partial charge >= 0.3 is 0 Å². The Morgan fingerprint density at radius 3 is 2.78 bits per heavy atom. The van der Waals surface area contributed by atoms with Crippen LogP contribution in [0, 0.1) is 13.8 Å². The maximum atomic E-state index is 12.0. The Morgan fingerprint density at radius 1 is 1.50 bits per heavy atom. The summed E-state index contributed by atoms with van der Waals surface area (Å²) in [7, 11) is 1.40. The Balaban J connectivity index is 2.38. The first-order valence-electron chi connectivity index (χ1n) is 5.24. The molecule has 0 saturated carbocycles.